The zero-order valence-electron chi connectivity index (χ0n) is 14.1. The van der Waals surface area contributed by atoms with Crippen molar-refractivity contribution < 1.29 is 13.9 Å². The summed E-state index contributed by atoms with van der Waals surface area (Å²) in [5.74, 6) is 3.01. The zero-order chi connectivity index (χ0) is 16.3. The van der Waals surface area contributed by atoms with Crippen LogP contribution >= 0.6 is 0 Å². The van der Waals surface area contributed by atoms with Crippen molar-refractivity contribution in [3.05, 3.63) is 36.0 Å². The quantitative estimate of drug-likeness (QED) is 0.844. The van der Waals surface area contributed by atoms with E-state index < -0.39 is 0 Å². The molecule has 0 saturated carbocycles. The Bertz CT molecular complexity index is 629. The lowest BCUT2D eigenvalue weighted by atomic mass is 9.94. The number of rotatable bonds is 5. The molecule has 0 radical (unpaired) electrons. The third-order valence-electron chi connectivity index (χ3n) is 3.47. The van der Waals surface area contributed by atoms with Gasteiger partial charge < -0.3 is 18.8 Å². The molecule has 0 aliphatic carbocycles. The molecule has 120 valence electrons. The summed E-state index contributed by atoms with van der Waals surface area (Å²) < 4.78 is 16.4. The minimum atomic E-state index is -0.0346. The first kappa shape index (κ1) is 16.2. The largest absolute Gasteiger partial charge is 0.493 e. The highest BCUT2D eigenvalue weighted by Crippen LogP contribution is 2.31. The Morgan fingerprint density at radius 3 is 2.36 bits per heavy atom. The number of aromatic nitrogens is 1. The van der Waals surface area contributed by atoms with Crippen LogP contribution in [0.1, 0.15) is 32.4 Å². The molecule has 0 saturated heterocycles. The maximum absolute atomic E-state index is 5.83. The van der Waals surface area contributed by atoms with E-state index in [-0.39, 0.29) is 5.41 Å². The van der Waals surface area contributed by atoms with E-state index >= 15 is 0 Å². The van der Waals surface area contributed by atoms with Gasteiger partial charge in [0.2, 0.25) is 5.89 Å². The topological polar surface area (TPSA) is 47.7 Å². The summed E-state index contributed by atoms with van der Waals surface area (Å²) >= 11 is 0. The first-order valence-electron chi connectivity index (χ1n) is 7.23. The van der Waals surface area contributed by atoms with Crippen molar-refractivity contribution in [1.82, 2.24) is 4.98 Å². The van der Waals surface area contributed by atoms with E-state index in [0.717, 1.165) is 11.4 Å². The lowest BCUT2D eigenvalue weighted by molar-refractivity contribution is 0.355. The van der Waals surface area contributed by atoms with Crippen LogP contribution < -0.4 is 14.4 Å². The van der Waals surface area contributed by atoms with Gasteiger partial charge in [0.1, 0.15) is 5.76 Å². The number of hydrogen-bond donors (Lipinski definition) is 0. The zero-order valence-corrected chi connectivity index (χ0v) is 14.1. The maximum Gasteiger partial charge on any atom is 0.213 e. The van der Waals surface area contributed by atoms with Crippen molar-refractivity contribution in [2.75, 3.05) is 26.2 Å². The number of oxazole rings is 1. The fourth-order valence-corrected chi connectivity index (χ4v) is 2.09. The highest BCUT2D eigenvalue weighted by atomic mass is 16.5. The predicted octanol–water partition coefficient (Wildman–Crippen LogP) is 3.63. The van der Waals surface area contributed by atoms with Crippen LogP contribution in [0.5, 0.6) is 11.5 Å². The molecule has 0 aliphatic rings. The molecule has 0 unspecified atom stereocenters. The molecule has 0 spiro atoms. The summed E-state index contributed by atoms with van der Waals surface area (Å²) in [7, 11) is 5.25. The molecule has 2 rings (SSSR count). The summed E-state index contributed by atoms with van der Waals surface area (Å²) in [4.78, 5) is 6.42. The fourth-order valence-electron chi connectivity index (χ4n) is 2.09. The Labute approximate surface area is 131 Å². The van der Waals surface area contributed by atoms with Gasteiger partial charge in [0.05, 0.1) is 27.0 Å². The molecule has 22 heavy (non-hydrogen) atoms. The van der Waals surface area contributed by atoms with E-state index in [4.69, 9.17) is 13.9 Å². The Morgan fingerprint density at radius 1 is 1.14 bits per heavy atom. The lowest BCUT2D eigenvalue weighted by Crippen LogP contribution is -2.16. The minimum absolute atomic E-state index is 0.0346. The SMILES string of the molecule is COc1ccc(N(C)Cc2ncc(C(C)(C)C)o2)cc1OC. The molecule has 5 nitrogen and oxygen atoms in total. The highest BCUT2D eigenvalue weighted by Gasteiger charge is 2.19. The Balaban J connectivity index is 2.15. The van der Waals surface area contributed by atoms with Gasteiger partial charge in [-0.3, -0.25) is 0 Å². The van der Waals surface area contributed by atoms with Gasteiger partial charge in [-0.25, -0.2) is 4.98 Å². The number of hydrogen-bond acceptors (Lipinski definition) is 5. The normalized spacial score (nSPS) is 11.4. The first-order chi connectivity index (χ1) is 10.3. The van der Waals surface area contributed by atoms with Gasteiger partial charge in [-0.1, -0.05) is 20.8 Å². The number of benzene rings is 1. The second-order valence-corrected chi connectivity index (χ2v) is 6.26. The van der Waals surface area contributed by atoms with Crippen molar-refractivity contribution >= 4 is 5.69 Å². The number of ether oxygens (including phenoxy) is 2. The Kier molecular flexibility index (Phi) is 4.64. The molecule has 1 heterocycles. The third-order valence-corrected chi connectivity index (χ3v) is 3.47. The van der Waals surface area contributed by atoms with Crippen molar-refractivity contribution in [2.24, 2.45) is 0 Å². The van der Waals surface area contributed by atoms with Crippen molar-refractivity contribution in [2.45, 2.75) is 32.7 Å². The van der Waals surface area contributed by atoms with Crippen LogP contribution in [0.3, 0.4) is 0 Å². The molecule has 5 heteroatoms. The monoisotopic (exact) mass is 304 g/mol. The smallest absolute Gasteiger partial charge is 0.213 e. The lowest BCUT2D eigenvalue weighted by Gasteiger charge is -2.19. The van der Waals surface area contributed by atoms with Crippen molar-refractivity contribution in [1.29, 1.82) is 0 Å². The standard InChI is InChI=1S/C17H24N2O3/c1-17(2,3)15-10-18-16(22-15)11-19(4)12-7-8-13(20-5)14(9-12)21-6/h7-10H,11H2,1-6H3. The first-order valence-corrected chi connectivity index (χ1v) is 7.23. The minimum Gasteiger partial charge on any atom is -0.493 e. The molecule has 1 aromatic carbocycles. The average Bonchev–Trinajstić information content (AvgIpc) is 2.95. The Morgan fingerprint density at radius 2 is 1.82 bits per heavy atom. The maximum atomic E-state index is 5.83. The molecule has 1 aromatic heterocycles. The second-order valence-electron chi connectivity index (χ2n) is 6.26. The van der Waals surface area contributed by atoms with Gasteiger partial charge >= 0.3 is 0 Å². The molecular formula is C17H24N2O3. The summed E-state index contributed by atoms with van der Waals surface area (Å²) in [6.45, 7) is 6.91. The van der Waals surface area contributed by atoms with Crippen LogP contribution in [0.2, 0.25) is 0 Å². The second kappa shape index (κ2) is 6.30. The van der Waals surface area contributed by atoms with E-state index in [1.54, 1.807) is 20.4 Å². The molecule has 0 N–H and O–H groups in total. The van der Waals surface area contributed by atoms with Gasteiger partial charge in [-0.15, -0.1) is 0 Å². The van der Waals surface area contributed by atoms with Gasteiger partial charge in [0.15, 0.2) is 11.5 Å². The van der Waals surface area contributed by atoms with E-state index in [0.29, 0.717) is 23.9 Å². The van der Waals surface area contributed by atoms with E-state index in [9.17, 15) is 0 Å². The highest BCUT2D eigenvalue weighted by molar-refractivity contribution is 5.56. The molecule has 2 aromatic rings. The number of anilines is 1. The van der Waals surface area contributed by atoms with Crippen LogP contribution in [-0.2, 0) is 12.0 Å². The van der Waals surface area contributed by atoms with Crippen LogP contribution in [0.4, 0.5) is 5.69 Å². The van der Waals surface area contributed by atoms with Gasteiger partial charge in [0.25, 0.3) is 0 Å². The van der Waals surface area contributed by atoms with Crippen LogP contribution in [0.25, 0.3) is 0 Å². The van der Waals surface area contributed by atoms with Crippen LogP contribution in [-0.4, -0.2) is 26.3 Å². The van der Waals surface area contributed by atoms with E-state index in [2.05, 4.69) is 30.7 Å². The van der Waals surface area contributed by atoms with Gasteiger partial charge in [-0.2, -0.15) is 0 Å². The molecule has 0 amide bonds. The van der Waals surface area contributed by atoms with Gasteiger partial charge in [-0.05, 0) is 12.1 Å². The average molecular weight is 304 g/mol. The molecule has 0 fully saturated rings. The predicted molar refractivity (Wildman–Crippen MR) is 86.9 cm³/mol. The summed E-state index contributed by atoms with van der Waals surface area (Å²) in [5, 5.41) is 0. The van der Waals surface area contributed by atoms with Gasteiger partial charge in [0, 0.05) is 24.2 Å². The molecule has 0 aliphatic heterocycles. The summed E-state index contributed by atoms with van der Waals surface area (Å²) in [6.07, 6.45) is 1.80. The van der Waals surface area contributed by atoms with Crippen LogP contribution in [0, 0.1) is 0 Å². The fraction of sp³-hybridized carbons (Fsp3) is 0.471. The molecule has 0 atom stereocenters. The van der Waals surface area contributed by atoms with Crippen molar-refractivity contribution in [3.63, 3.8) is 0 Å². The van der Waals surface area contributed by atoms with E-state index in [1.807, 2.05) is 25.2 Å². The van der Waals surface area contributed by atoms with Crippen molar-refractivity contribution in [3.8, 4) is 11.5 Å². The summed E-state index contributed by atoms with van der Waals surface area (Å²) in [6, 6.07) is 5.81. The Hall–Kier alpha value is -2.17. The third kappa shape index (κ3) is 3.53. The molecule has 0 bridgehead atoms. The van der Waals surface area contributed by atoms with Crippen LogP contribution in [0.15, 0.2) is 28.8 Å². The number of methoxy groups -OCH3 is 2. The summed E-state index contributed by atoms with van der Waals surface area (Å²) in [5.41, 5.74) is 0.973. The molecular weight excluding hydrogens is 280 g/mol. The van der Waals surface area contributed by atoms with E-state index in [1.165, 1.54) is 0 Å². The number of nitrogens with zero attached hydrogens (tertiary/aromatic N) is 2.